The molecule has 3 rings (SSSR count). The van der Waals surface area contributed by atoms with Crippen molar-refractivity contribution in [2.75, 3.05) is 5.32 Å². The lowest BCUT2D eigenvalue weighted by Crippen LogP contribution is -2.00. The zero-order chi connectivity index (χ0) is 14.7. The van der Waals surface area contributed by atoms with Crippen LogP contribution in [0.25, 0.3) is 5.69 Å². The summed E-state index contributed by atoms with van der Waals surface area (Å²) in [4.78, 5) is 0. The summed E-state index contributed by atoms with van der Waals surface area (Å²) in [6, 6.07) is 16.6. The second-order valence-corrected chi connectivity index (χ2v) is 6.19. The Kier molecular flexibility index (Phi) is 4.24. The monoisotopic (exact) mass is 389 g/mol. The molecule has 0 radical (unpaired) electrons. The van der Waals surface area contributed by atoms with Crippen molar-refractivity contribution in [1.82, 2.24) is 9.78 Å². The maximum Gasteiger partial charge on any atom is 0.0645 e. The Balaban J connectivity index is 1.70. The summed E-state index contributed by atoms with van der Waals surface area (Å²) in [6.07, 6.45) is 3.96. The standard InChI is InChI=1S/C17H16IN3/c1-13-9-15(18)7-8-17(13)19-10-14-11-20-21(12-14)16-5-3-2-4-6-16/h2-9,11-12,19H,10H2,1H3. The van der Waals surface area contributed by atoms with Crippen LogP contribution in [0.5, 0.6) is 0 Å². The number of rotatable bonds is 4. The fourth-order valence-electron chi connectivity index (χ4n) is 2.20. The molecule has 2 aromatic carbocycles. The second kappa shape index (κ2) is 6.30. The van der Waals surface area contributed by atoms with Gasteiger partial charge in [0.2, 0.25) is 0 Å². The van der Waals surface area contributed by atoms with Gasteiger partial charge in [0.25, 0.3) is 0 Å². The summed E-state index contributed by atoms with van der Waals surface area (Å²) >= 11 is 2.33. The number of hydrogen-bond acceptors (Lipinski definition) is 2. The fourth-order valence-corrected chi connectivity index (χ4v) is 2.84. The zero-order valence-corrected chi connectivity index (χ0v) is 13.9. The molecule has 4 heteroatoms. The van der Waals surface area contributed by atoms with Gasteiger partial charge in [0.15, 0.2) is 0 Å². The van der Waals surface area contributed by atoms with Gasteiger partial charge < -0.3 is 5.32 Å². The highest BCUT2D eigenvalue weighted by atomic mass is 127. The largest absolute Gasteiger partial charge is 0.381 e. The minimum Gasteiger partial charge on any atom is -0.381 e. The average Bonchev–Trinajstić information content (AvgIpc) is 2.96. The highest BCUT2D eigenvalue weighted by molar-refractivity contribution is 14.1. The average molecular weight is 389 g/mol. The van der Waals surface area contributed by atoms with Crippen LogP contribution < -0.4 is 5.32 Å². The lowest BCUT2D eigenvalue weighted by atomic mass is 10.2. The number of aromatic nitrogens is 2. The number of benzene rings is 2. The molecule has 0 saturated carbocycles. The maximum atomic E-state index is 4.41. The highest BCUT2D eigenvalue weighted by Gasteiger charge is 2.02. The van der Waals surface area contributed by atoms with Crippen LogP contribution in [-0.4, -0.2) is 9.78 Å². The Labute approximate surface area is 138 Å². The Morgan fingerprint density at radius 2 is 1.95 bits per heavy atom. The Bertz CT molecular complexity index is 735. The molecule has 0 unspecified atom stereocenters. The van der Waals surface area contributed by atoms with Gasteiger partial charge in [0, 0.05) is 27.6 Å². The highest BCUT2D eigenvalue weighted by Crippen LogP contribution is 2.18. The third-order valence-electron chi connectivity index (χ3n) is 3.33. The molecule has 0 aliphatic rings. The van der Waals surface area contributed by atoms with Crippen molar-refractivity contribution in [2.45, 2.75) is 13.5 Å². The van der Waals surface area contributed by atoms with Gasteiger partial charge in [-0.25, -0.2) is 4.68 Å². The number of para-hydroxylation sites is 1. The van der Waals surface area contributed by atoms with Gasteiger partial charge in [-0.15, -0.1) is 0 Å². The second-order valence-electron chi connectivity index (χ2n) is 4.94. The van der Waals surface area contributed by atoms with Crippen LogP contribution in [0.1, 0.15) is 11.1 Å². The number of nitrogens with zero attached hydrogens (tertiary/aromatic N) is 2. The molecule has 106 valence electrons. The maximum absolute atomic E-state index is 4.41. The molecular formula is C17H16IN3. The first-order valence-corrected chi connectivity index (χ1v) is 7.89. The number of aryl methyl sites for hydroxylation is 1. The van der Waals surface area contributed by atoms with Gasteiger partial charge >= 0.3 is 0 Å². The van der Waals surface area contributed by atoms with E-state index in [-0.39, 0.29) is 0 Å². The smallest absolute Gasteiger partial charge is 0.0645 e. The predicted octanol–water partition coefficient (Wildman–Crippen LogP) is 4.40. The Morgan fingerprint density at radius 3 is 2.71 bits per heavy atom. The van der Waals surface area contributed by atoms with E-state index in [4.69, 9.17) is 0 Å². The van der Waals surface area contributed by atoms with E-state index in [1.807, 2.05) is 41.2 Å². The summed E-state index contributed by atoms with van der Waals surface area (Å²) in [5.41, 5.74) is 4.67. The predicted molar refractivity (Wildman–Crippen MR) is 94.8 cm³/mol. The number of nitrogens with one attached hydrogen (secondary N) is 1. The lowest BCUT2D eigenvalue weighted by molar-refractivity contribution is 0.880. The molecule has 0 aliphatic heterocycles. The van der Waals surface area contributed by atoms with E-state index in [0.717, 1.165) is 17.8 Å². The summed E-state index contributed by atoms with van der Waals surface area (Å²) in [6.45, 7) is 2.89. The van der Waals surface area contributed by atoms with E-state index < -0.39 is 0 Å². The first-order valence-electron chi connectivity index (χ1n) is 6.81. The van der Waals surface area contributed by atoms with Gasteiger partial charge in [-0.1, -0.05) is 18.2 Å². The molecule has 0 bridgehead atoms. The minimum atomic E-state index is 0.772. The van der Waals surface area contributed by atoms with Gasteiger partial charge in [-0.05, 0) is 65.4 Å². The topological polar surface area (TPSA) is 29.9 Å². The molecule has 1 heterocycles. The summed E-state index contributed by atoms with van der Waals surface area (Å²) in [5, 5.41) is 7.88. The molecule has 3 aromatic rings. The molecule has 0 spiro atoms. The summed E-state index contributed by atoms with van der Waals surface area (Å²) < 4.78 is 3.16. The van der Waals surface area contributed by atoms with E-state index in [9.17, 15) is 0 Å². The van der Waals surface area contributed by atoms with Crippen LogP contribution >= 0.6 is 22.6 Å². The molecule has 3 nitrogen and oxygen atoms in total. The van der Waals surface area contributed by atoms with E-state index >= 15 is 0 Å². The summed E-state index contributed by atoms with van der Waals surface area (Å²) in [5.74, 6) is 0. The minimum absolute atomic E-state index is 0.772. The molecule has 21 heavy (non-hydrogen) atoms. The van der Waals surface area contributed by atoms with Crippen molar-refractivity contribution in [3.05, 3.63) is 75.6 Å². The third-order valence-corrected chi connectivity index (χ3v) is 4.00. The third kappa shape index (κ3) is 3.44. The number of anilines is 1. The number of halogens is 1. The van der Waals surface area contributed by atoms with Crippen LogP contribution in [0.15, 0.2) is 60.9 Å². The van der Waals surface area contributed by atoms with Gasteiger partial charge in [0.1, 0.15) is 0 Å². The first-order chi connectivity index (χ1) is 10.2. The Morgan fingerprint density at radius 1 is 1.14 bits per heavy atom. The van der Waals surface area contributed by atoms with Crippen LogP contribution in [0, 0.1) is 10.5 Å². The molecule has 0 aliphatic carbocycles. The normalized spacial score (nSPS) is 10.6. The molecule has 0 saturated heterocycles. The van der Waals surface area contributed by atoms with Crippen molar-refractivity contribution in [3.8, 4) is 5.69 Å². The van der Waals surface area contributed by atoms with E-state index in [1.54, 1.807) is 0 Å². The van der Waals surface area contributed by atoms with E-state index in [1.165, 1.54) is 14.8 Å². The summed E-state index contributed by atoms with van der Waals surface area (Å²) in [7, 11) is 0. The lowest BCUT2D eigenvalue weighted by Gasteiger charge is -2.08. The molecule has 0 amide bonds. The van der Waals surface area contributed by atoms with Crippen molar-refractivity contribution >= 4 is 28.3 Å². The molecular weight excluding hydrogens is 373 g/mol. The Hall–Kier alpha value is -1.82. The molecule has 1 N–H and O–H groups in total. The van der Waals surface area contributed by atoms with Gasteiger partial charge in [-0.3, -0.25) is 0 Å². The fraction of sp³-hybridized carbons (Fsp3) is 0.118. The zero-order valence-electron chi connectivity index (χ0n) is 11.8. The molecule has 1 aromatic heterocycles. The van der Waals surface area contributed by atoms with Crippen LogP contribution in [0.4, 0.5) is 5.69 Å². The van der Waals surface area contributed by atoms with Crippen molar-refractivity contribution in [3.63, 3.8) is 0 Å². The van der Waals surface area contributed by atoms with Gasteiger partial charge in [-0.2, -0.15) is 5.10 Å². The van der Waals surface area contributed by atoms with Gasteiger partial charge in [0.05, 0.1) is 11.9 Å². The number of hydrogen-bond donors (Lipinski definition) is 1. The quantitative estimate of drug-likeness (QED) is 0.671. The van der Waals surface area contributed by atoms with Crippen molar-refractivity contribution in [1.29, 1.82) is 0 Å². The van der Waals surface area contributed by atoms with Crippen LogP contribution in [0.2, 0.25) is 0 Å². The van der Waals surface area contributed by atoms with Crippen molar-refractivity contribution in [2.24, 2.45) is 0 Å². The molecule has 0 fully saturated rings. The van der Waals surface area contributed by atoms with Crippen LogP contribution in [-0.2, 0) is 6.54 Å². The van der Waals surface area contributed by atoms with E-state index in [2.05, 4.69) is 64.3 Å². The first kappa shape index (κ1) is 14.1. The van der Waals surface area contributed by atoms with Crippen molar-refractivity contribution < 1.29 is 0 Å². The SMILES string of the molecule is Cc1cc(I)ccc1NCc1cnn(-c2ccccc2)c1. The molecule has 0 atom stereocenters. The van der Waals surface area contributed by atoms with E-state index in [0.29, 0.717) is 0 Å². The van der Waals surface area contributed by atoms with Crippen LogP contribution in [0.3, 0.4) is 0 Å².